The zero-order chi connectivity index (χ0) is 20.1. The zero-order valence-corrected chi connectivity index (χ0v) is 15.9. The van der Waals surface area contributed by atoms with Crippen LogP contribution in [0.5, 0.6) is 0 Å². The maximum Gasteiger partial charge on any atom is 0.294 e. The van der Waals surface area contributed by atoms with Gasteiger partial charge < -0.3 is 10.2 Å². The molecule has 2 aromatic carbocycles. The van der Waals surface area contributed by atoms with E-state index in [-0.39, 0.29) is 24.0 Å². The number of carbonyl (C=O) groups excluding carboxylic acids is 1. The molecule has 0 spiro atoms. The van der Waals surface area contributed by atoms with Crippen LogP contribution >= 0.6 is 11.6 Å². The third-order valence-electron chi connectivity index (χ3n) is 4.62. The monoisotopic (exact) mass is 406 g/mol. The van der Waals surface area contributed by atoms with Gasteiger partial charge in [0.05, 0.1) is 11.5 Å². The SMILES string of the molecule is O=C(CN1CCN(c2ccc(Cl)cc2[N+](=O)[O-])CC1)NCc1ccc(F)cc1. The molecule has 1 N–H and O–H groups in total. The van der Waals surface area contributed by atoms with E-state index in [0.29, 0.717) is 43.4 Å². The van der Waals surface area contributed by atoms with Crippen molar-refractivity contribution in [3.8, 4) is 0 Å². The van der Waals surface area contributed by atoms with E-state index in [1.54, 1.807) is 24.3 Å². The molecule has 0 bridgehead atoms. The van der Waals surface area contributed by atoms with Crippen LogP contribution in [0, 0.1) is 15.9 Å². The number of amides is 1. The molecule has 1 aliphatic heterocycles. The lowest BCUT2D eigenvalue weighted by molar-refractivity contribution is -0.384. The molecule has 1 aliphatic rings. The van der Waals surface area contributed by atoms with Crippen LogP contribution in [-0.4, -0.2) is 48.5 Å². The number of nitro benzene ring substituents is 1. The number of benzene rings is 2. The second kappa shape index (κ2) is 8.99. The molecule has 3 rings (SSSR count). The van der Waals surface area contributed by atoms with Gasteiger partial charge in [0.1, 0.15) is 11.5 Å². The summed E-state index contributed by atoms with van der Waals surface area (Å²) in [6.45, 7) is 2.97. The molecule has 2 aromatic rings. The van der Waals surface area contributed by atoms with Crippen molar-refractivity contribution in [2.24, 2.45) is 0 Å². The number of anilines is 1. The third kappa shape index (κ3) is 5.17. The zero-order valence-electron chi connectivity index (χ0n) is 15.1. The minimum Gasteiger partial charge on any atom is -0.363 e. The lowest BCUT2D eigenvalue weighted by Crippen LogP contribution is -2.49. The van der Waals surface area contributed by atoms with E-state index < -0.39 is 4.92 Å². The highest BCUT2D eigenvalue weighted by Crippen LogP contribution is 2.31. The van der Waals surface area contributed by atoms with E-state index in [1.165, 1.54) is 18.2 Å². The topological polar surface area (TPSA) is 78.7 Å². The number of rotatable bonds is 6. The molecular formula is C19H20ClFN4O3. The van der Waals surface area contributed by atoms with Crippen molar-refractivity contribution in [2.45, 2.75) is 6.54 Å². The largest absolute Gasteiger partial charge is 0.363 e. The number of hydrogen-bond donors (Lipinski definition) is 1. The van der Waals surface area contributed by atoms with E-state index >= 15 is 0 Å². The van der Waals surface area contributed by atoms with Crippen LogP contribution in [0.3, 0.4) is 0 Å². The minimum absolute atomic E-state index is 0.0157. The second-order valence-corrected chi connectivity index (χ2v) is 6.99. The van der Waals surface area contributed by atoms with E-state index in [4.69, 9.17) is 11.6 Å². The Morgan fingerprint density at radius 3 is 2.46 bits per heavy atom. The van der Waals surface area contributed by atoms with Gasteiger partial charge in [0.2, 0.25) is 5.91 Å². The summed E-state index contributed by atoms with van der Waals surface area (Å²) in [4.78, 5) is 26.9. The standard InChI is InChI=1S/C19H20ClFN4O3/c20-15-3-6-17(18(11-15)25(27)28)24-9-7-23(8-10-24)13-19(26)22-12-14-1-4-16(21)5-2-14/h1-6,11H,7-10,12-13H2,(H,22,26). The van der Waals surface area contributed by atoms with Crippen molar-refractivity contribution >= 4 is 28.9 Å². The molecule has 0 aromatic heterocycles. The maximum atomic E-state index is 12.9. The minimum atomic E-state index is -0.434. The fraction of sp³-hybridized carbons (Fsp3) is 0.316. The maximum absolute atomic E-state index is 12.9. The first-order valence-corrected chi connectivity index (χ1v) is 9.22. The van der Waals surface area contributed by atoms with Crippen molar-refractivity contribution < 1.29 is 14.1 Å². The van der Waals surface area contributed by atoms with Gasteiger partial charge in [0.25, 0.3) is 5.69 Å². The first-order valence-electron chi connectivity index (χ1n) is 8.85. The fourth-order valence-corrected chi connectivity index (χ4v) is 3.29. The fourth-order valence-electron chi connectivity index (χ4n) is 3.12. The molecule has 0 aliphatic carbocycles. The Kier molecular flexibility index (Phi) is 6.43. The summed E-state index contributed by atoms with van der Waals surface area (Å²) in [6, 6.07) is 10.6. The summed E-state index contributed by atoms with van der Waals surface area (Å²) < 4.78 is 12.9. The van der Waals surface area contributed by atoms with Gasteiger partial charge in [-0.2, -0.15) is 0 Å². The van der Waals surface area contributed by atoms with Gasteiger partial charge in [-0.25, -0.2) is 4.39 Å². The van der Waals surface area contributed by atoms with Crippen molar-refractivity contribution in [1.29, 1.82) is 0 Å². The first kappa shape index (κ1) is 20.0. The van der Waals surface area contributed by atoms with Crippen molar-refractivity contribution in [1.82, 2.24) is 10.2 Å². The Hall–Kier alpha value is -2.71. The van der Waals surface area contributed by atoms with E-state index in [0.717, 1.165) is 5.56 Å². The van der Waals surface area contributed by atoms with Gasteiger partial charge in [0, 0.05) is 43.8 Å². The van der Waals surface area contributed by atoms with Gasteiger partial charge in [-0.05, 0) is 29.8 Å². The molecule has 9 heteroatoms. The summed E-state index contributed by atoms with van der Waals surface area (Å²) in [5.41, 5.74) is 1.35. The quantitative estimate of drug-likeness (QED) is 0.589. The van der Waals surface area contributed by atoms with Crippen LogP contribution in [0.2, 0.25) is 5.02 Å². The Morgan fingerprint density at radius 1 is 1.14 bits per heavy atom. The van der Waals surface area contributed by atoms with Crippen LogP contribution in [0.25, 0.3) is 0 Å². The molecule has 148 valence electrons. The molecule has 1 amide bonds. The van der Waals surface area contributed by atoms with Crippen LogP contribution in [0.15, 0.2) is 42.5 Å². The molecule has 0 radical (unpaired) electrons. The number of nitro groups is 1. The molecule has 28 heavy (non-hydrogen) atoms. The summed E-state index contributed by atoms with van der Waals surface area (Å²) in [6.07, 6.45) is 0. The van der Waals surface area contributed by atoms with Crippen LogP contribution in [0.4, 0.5) is 15.8 Å². The molecule has 7 nitrogen and oxygen atoms in total. The van der Waals surface area contributed by atoms with Crippen LogP contribution in [0.1, 0.15) is 5.56 Å². The lowest BCUT2D eigenvalue weighted by Gasteiger charge is -2.35. The number of piperazine rings is 1. The van der Waals surface area contributed by atoms with E-state index in [9.17, 15) is 19.3 Å². The smallest absolute Gasteiger partial charge is 0.294 e. The molecular weight excluding hydrogens is 387 g/mol. The highest BCUT2D eigenvalue weighted by atomic mass is 35.5. The Labute approximate surface area is 166 Å². The Bertz CT molecular complexity index is 855. The van der Waals surface area contributed by atoms with E-state index in [2.05, 4.69) is 5.32 Å². The van der Waals surface area contributed by atoms with Gasteiger partial charge in [-0.15, -0.1) is 0 Å². The predicted molar refractivity (Wildman–Crippen MR) is 105 cm³/mol. The summed E-state index contributed by atoms with van der Waals surface area (Å²) in [7, 11) is 0. The highest BCUT2D eigenvalue weighted by molar-refractivity contribution is 6.30. The summed E-state index contributed by atoms with van der Waals surface area (Å²) in [5, 5.41) is 14.4. The van der Waals surface area contributed by atoms with E-state index in [1.807, 2.05) is 9.80 Å². The molecule has 0 unspecified atom stereocenters. The predicted octanol–water partition coefficient (Wildman–Crippen LogP) is 2.83. The second-order valence-electron chi connectivity index (χ2n) is 6.56. The molecule has 1 heterocycles. The highest BCUT2D eigenvalue weighted by Gasteiger charge is 2.24. The first-order chi connectivity index (χ1) is 13.4. The lowest BCUT2D eigenvalue weighted by atomic mass is 10.2. The van der Waals surface area contributed by atoms with Crippen LogP contribution in [-0.2, 0) is 11.3 Å². The third-order valence-corrected chi connectivity index (χ3v) is 4.85. The molecule has 0 atom stereocenters. The Balaban J connectivity index is 1.49. The molecule has 1 fully saturated rings. The number of halogens is 2. The van der Waals surface area contributed by atoms with Gasteiger partial charge in [-0.3, -0.25) is 19.8 Å². The normalized spacial score (nSPS) is 14.7. The van der Waals surface area contributed by atoms with Crippen molar-refractivity contribution in [3.05, 3.63) is 69.0 Å². The van der Waals surface area contributed by atoms with Crippen LogP contribution < -0.4 is 10.2 Å². The van der Waals surface area contributed by atoms with Gasteiger partial charge in [0.15, 0.2) is 0 Å². The average Bonchev–Trinajstić information content (AvgIpc) is 2.68. The number of carbonyl (C=O) groups is 1. The number of nitrogens with one attached hydrogen (secondary N) is 1. The van der Waals surface area contributed by atoms with Crippen molar-refractivity contribution in [2.75, 3.05) is 37.6 Å². The average molecular weight is 407 g/mol. The number of nitrogens with zero attached hydrogens (tertiary/aromatic N) is 3. The summed E-state index contributed by atoms with van der Waals surface area (Å²) in [5.74, 6) is -0.427. The van der Waals surface area contributed by atoms with Crippen molar-refractivity contribution in [3.63, 3.8) is 0 Å². The Morgan fingerprint density at radius 2 is 1.82 bits per heavy atom. The van der Waals surface area contributed by atoms with Gasteiger partial charge >= 0.3 is 0 Å². The van der Waals surface area contributed by atoms with Gasteiger partial charge in [-0.1, -0.05) is 23.7 Å². The molecule has 0 saturated carbocycles. The molecule has 1 saturated heterocycles. The number of hydrogen-bond acceptors (Lipinski definition) is 5. The summed E-state index contributed by atoms with van der Waals surface area (Å²) >= 11 is 5.87.